The van der Waals surface area contributed by atoms with Gasteiger partial charge in [-0.1, -0.05) is 59.3 Å². The molecule has 0 fully saturated rings. The van der Waals surface area contributed by atoms with Crippen LogP contribution in [-0.4, -0.2) is 11.9 Å². The minimum Gasteiger partial charge on any atom is -0.549 e. The van der Waals surface area contributed by atoms with Crippen molar-refractivity contribution in [1.82, 2.24) is 0 Å². The Balaban J connectivity index is -0.00000144. The van der Waals surface area contributed by atoms with Crippen molar-refractivity contribution in [2.45, 2.75) is 65.7 Å². The van der Waals surface area contributed by atoms with Gasteiger partial charge in [0.1, 0.15) is 0 Å². The van der Waals surface area contributed by atoms with Crippen molar-refractivity contribution in [3.63, 3.8) is 0 Å². The van der Waals surface area contributed by atoms with E-state index < -0.39 is 23.3 Å². The Morgan fingerprint density at radius 3 is 1.70 bits per heavy atom. The van der Waals surface area contributed by atoms with Crippen LogP contribution in [0.2, 0.25) is 0 Å². The number of carboxylic acid groups (broad SMARTS) is 2. The van der Waals surface area contributed by atoms with Crippen LogP contribution >= 0.6 is 0 Å². The largest absolute Gasteiger partial charge is 1.00 e. The smallest absolute Gasteiger partial charge is 0.549 e. The third-order valence-electron chi connectivity index (χ3n) is 3.64. The average molecular weight is 286 g/mol. The maximum Gasteiger partial charge on any atom is 1.00 e. The SMILES string of the molecule is CCCCCCCCC(C(=O)[O-])(C(=O)[O-])C(C)C.[Li+].[Na+]. The fourth-order valence-corrected chi connectivity index (χ4v) is 2.23. The third kappa shape index (κ3) is 7.52. The molecule has 0 unspecified atom stereocenters. The maximum atomic E-state index is 11.1. The first-order chi connectivity index (χ1) is 8.39. The molecule has 0 N–H and O–H groups in total. The maximum absolute atomic E-state index is 11.1. The molecule has 106 valence electrons. The van der Waals surface area contributed by atoms with Gasteiger partial charge in [0.15, 0.2) is 0 Å². The van der Waals surface area contributed by atoms with Gasteiger partial charge in [-0.15, -0.1) is 0 Å². The van der Waals surface area contributed by atoms with E-state index in [-0.39, 0.29) is 54.8 Å². The molecular formula is C14H24LiNaO4. The Labute approximate surface area is 156 Å². The molecule has 0 atom stereocenters. The topological polar surface area (TPSA) is 80.3 Å². The van der Waals surface area contributed by atoms with Gasteiger partial charge in [-0.25, -0.2) is 0 Å². The second kappa shape index (κ2) is 13.2. The first-order valence-electron chi connectivity index (χ1n) is 6.82. The zero-order chi connectivity index (χ0) is 14.2. The number of hydrogen-bond acceptors (Lipinski definition) is 4. The molecule has 0 aromatic carbocycles. The average Bonchev–Trinajstić information content (AvgIpc) is 2.26. The minimum absolute atomic E-state index is 0. The van der Waals surface area contributed by atoms with Gasteiger partial charge in [0.05, 0.1) is 17.4 Å². The normalized spacial score (nSPS) is 10.6. The molecule has 0 saturated carbocycles. The van der Waals surface area contributed by atoms with Crippen LogP contribution in [0, 0.1) is 11.3 Å². The summed E-state index contributed by atoms with van der Waals surface area (Å²) in [5.41, 5.74) is -1.84. The molecule has 0 aliphatic carbocycles. The quantitative estimate of drug-likeness (QED) is 0.229. The van der Waals surface area contributed by atoms with Crippen LogP contribution < -0.4 is 58.6 Å². The molecule has 20 heavy (non-hydrogen) atoms. The molecule has 0 aromatic heterocycles. The van der Waals surface area contributed by atoms with Gasteiger partial charge < -0.3 is 19.8 Å². The van der Waals surface area contributed by atoms with Gasteiger partial charge in [0, 0.05) is 0 Å². The van der Waals surface area contributed by atoms with E-state index in [0.717, 1.165) is 32.1 Å². The molecule has 0 heterocycles. The summed E-state index contributed by atoms with van der Waals surface area (Å²) in [4.78, 5) is 22.3. The summed E-state index contributed by atoms with van der Waals surface area (Å²) < 4.78 is 0. The Kier molecular flexibility index (Phi) is 16.8. The molecule has 0 aromatic rings. The van der Waals surface area contributed by atoms with Crippen molar-refractivity contribution in [2.24, 2.45) is 11.3 Å². The monoisotopic (exact) mass is 286 g/mol. The van der Waals surface area contributed by atoms with Crippen LogP contribution in [0.25, 0.3) is 0 Å². The van der Waals surface area contributed by atoms with E-state index in [4.69, 9.17) is 0 Å². The molecule has 0 radical (unpaired) electrons. The van der Waals surface area contributed by atoms with E-state index in [0.29, 0.717) is 6.42 Å². The van der Waals surface area contributed by atoms with Crippen LogP contribution in [0.1, 0.15) is 65.7 Å². The third-order valence-corrected chi connectivity index (χ3v) is 3.64. The Morgan fingerprint density at radius 2 is 1.35 bits per heavy atom. The minimum atomic E-state index is -1.84. The first-order valence-corrected chi connectivity index (χ1v) is 6.82. The van der Waals surface area contributed by atoms with Gasteiger partial charge >= 0.3 is 48.4 Å². The molecule has 0 bridgehead atoms. The van der Waals surface area contributed by atoms with E-state index in [9.17, 15) is 19.8 Å². The summed E-state index contributed by atoms with van der Waals surface area (Å²) in [6, 6.07) is 0. The number of carbonyl (C=O) groups excluding carboxylic acids is 2. The number of carbonyl (C=O) groups is 2. The van der Waals surface area contributed by atoms with E-state index in [1.807, 2.05) is 0 Å². The van der Waals surface area contributed by atoms with E-state index in [1.165, 1.54) is 0 Å². The second-order valence-electron chi connectivity index (χ2n) is 5.22. The first kappa shape index (κ1) is 25.5. The number of unbranched alkanes of at least 4 members (excludes halogenated alkanes) is 5. The summed E-state index contributed by atoms with van der Waals surface area (Å²) in [7, 11) is 0. The van der Waals surface area contributed by atoms with E-state index in [1.54, 1.807) is 13.8 Å². The zero-order valence-corrected chi connectivity index (χ0v) is 15.7. The van der Waals surface area contributed by atoms with Crippen molar-refractivity contribution in [2.75, 3.05) is 0 Å². The van der Waals surface area contributed by atoms with Gasteiger partial charge in [-0.3, -0.25) is 0 Å². The zero-order valence-electron chi connectivity index (χ0n) is 13.7. The van der Waals surface area contributed by atoms with Gasteiger partial charge in [-0.05, 0) is 12.3 Å². The van der Waals surface area contributed by atoms with Gasteiger partial charge in [0.2, 0.25) is 0 Å². The Bertz CT molecular complexity index is 268. The van der Waals surface area contributed by atoms with Crippen LogP contribution in [0.3, 0.4) is 0 Å². The molecule has 0 saturated heterocycles. The summed E-state index contributed by atoms with van der Waals surface area (Å²) in [6.07, 6.45) is 5.98. The number of hydrogen-bond donors (Lipinski definition) is 0. The van der Waals surface area contributed by atoms with Crippen molar-refractivity contribution in [1.29, 1.82) is 0 Å². The predicted octanol–water partition coefficient (Wildman–Crippen LogP) is -5.11. The number of rotatable bonds is 10. The molecule has 0 amide bonds. The fourth-order valence-electron chi connectivity index (χ4n) is 2.23. The molecule has 0 spiro atoms. The number of carboxylic acids is 2. The van der Waals surface area contributed by atoms with E-state index >= 15 is 0 Å². The molecule has 0 rings (SSSR count). The Hall–Kier alpha value is 0.537. The van der Waals surface area contributed by atoms with Crippen molar-refractivity contribution in [3.8, 4) is 0 Å². The van der Waals surface area contributed by atoms with Gasteiger partial charge in [-0.2, -0.15) is 0 Å². The molecular weight excluding hydrogens is 262 g/mol. The van der Waals surface area contributed by atoms with Crippen molar-refractivity contribution in [3.05, 3.63) is 0 Å². The molecule has 0 aliphatic rings. The molecule has 4 nitrogen and oxygen atoms in total. The van der Waals surface area contributed by atoms with Crippen LogP contribution in [0.15, 0.2) is 0 Å². The summed E-state index contributed by atoms with van der Waals surface area (Å²) in [6.45, 7) is 5.29. The summed E-state index contributed by atoms with van der Waals surface area (Å²) in [5.74, 6) is -3.57. The van der Waals surface area contributed by atoms with E-state index in [2.05, 4.69) is 6.92 Å². The standard InChI is InChI=1S/C14H26O4.Li.Na/c1-4-5-6-7-8-9-10-14(11(2)3,12(15)16)13(17)18;;/h11H,4-10H2,1-3H3,(H,15,16)(H,17,18);;/q;2*+1/p-2. The summed E-state index contributed by atoms with van der Waals surface area (Å²) in [5, 5.41) is 22.3. The fraction of sp³-hybridized carbons (Fsp3) is 0.857. The predicted molar refractivity (Wildman–Crippen MR) is 65.3 cm³/mol. The van der Waals surface area contributed by atoms with Crippen LogP contribution in [-0.2, 0) is 9.59 Å². The number of aliphatic carboxylic acids is 2. The molecule has 6 heteroatoms. The van der Waals surface area contributed by atoms with Crippen molar-refractivity contribution >= 4 is 11.9 Å². The van der Waals surface area contributed by atoms with Gasteiger partial charge in [0.25, 0.3) is 0 Å². The molecule has 0 aliphatic heterocycles. The summed E-state index contributed by atoms with van der Waals surface area (Å²) >= 11 is 0. The van der Waals surface area contributed by atoms with Crippen LogP contribution in [0.4, 0.5) is 0 Å². The Morgan fingerprint density at radius 1 is 0.950 bits per heavy atom. The second-order valence-corrected chi connectivity index (χ2v) is 5.22. The van der Waals surface area contributed by atoms with Crippen LogP contribution in [0.5, 0.6) is 0 Å². The van der Waals surface area contributed by atoms with Crippen molar-refractivity contribution < 1.29 is 68.2 Å².